The van der Waals surface area contributed by atoms with Crippen LogP contribution in [0, 0.1) is 5.92 Å². The van der Waals surface area contributed by atoms with Crippen LogP contribution in [0.2, 0.25) is 0 Å². The molecule has 5 heteroatoms. The highest BCUT2D eigenvalue weighted by Crippen LogP contribution is 2.23. The van der Waals surface area contributed by atoms with Crippen molar-refractivity contribution in [3.63, 3.8) is 0 Å². The number of ether oxygens (including phenoxy) is 1. The maximum atomic E-state index is 12.1. The van der Waals surface area contributed by atoms with E-state index in [1.807, 2.05) is 6.07 Å². The molecule has 1 atom stereocenters. The second kappa shape index (κ2) is 8.49. The van der Waals surface area contributed by atoms with Gasteiger partial charge in [-0.25, -0.2) is 0 Å². The Labute approximate surface area is 144 Å². The minimum atomic E-state index is 0.163. The first kappa shape index (κ1) is 17.2. The molecule has 2 N–H and O–H groups in total. The molecule has 2 aliphatic heterocycles. The minimum Gasteiger partial charge on any atom is -0.497 e. The molecule has 0 aromatic heterocycles. The van der Waals surface area contributed by atoms with Crippen LogP contribution in [0.3, 0.4) is 0 Å². The van der Waals surface area contributed by atoms with Crippen LogP contribution in [0.15, 0.2) is 18.2 Å². The zero-order valence-electron chi connectivity index (χ0n) is 14.6. The van der Waals surface area contributed by atoms with Crippen molar-refractivity contribution in [3.8, 4) is 5.75 Å². The second-order valence-electron chi connectivity index (χ2n) is 6.85. The van der Waals surface area contributed by atoms with Gasteiger partial charge in [0.15, 0.2) is 0 Å². The van der Waals surface area contributed by atoms with Gasteiger partial charge in [-0.2, -0.15) is 0 Å². The highest BCUT2D eigenvalue weighted by Gasteiger charge is 2.20. The lowest BCUT2D eigenvalue weighted by atomic mass is 9.98. The summed E-state index contributed by atoms with van der Waals surface area (Å²) in [5, 5.41) is 6.40. The maximum Gasteiger partial charge on any atom is 0.224 e. The Bertz CT molecular complexity index is 556. The number of carbonyl (C=O) groups is 1. The quantitative estimate of drug-likeness (QED) is 0.777. The zero-order chi connectivity index (χ0) is 16.8. The molecule has 1 unspecified atom stereocenters. The molecule has 132 valence electrons. The summed E-state index contributed by atoms with van der Waals surface area (Å²) in [5.41, 5.74) is 2.81. The minimum absolute atomic E-state index is 0.163. The third kappa shape index (κ3) is 4.48. The van der Waals surface area contributed by atoms with Gasteiger partial charge in [0.1, 0.15) is 5.75 Å². The van der Waals surface area contributed by atoms with Crippen LogP contribution >= 0.6 is 0 Å². The maximum absolute atomic E-state index is 12.1. The summed E-state index contributed by atoms with van der Waals surface area (Å²) in [6.45, 7) is 5.78. The molecule has 0 bridgehead atoms. The first-order valence-corrected chi connectivity index (χ1v) is 9.13. The van der Waals surface area contributed by atoms with Crippen molar-refractivity contribution in [1.82, 2.24) is 15.5 Å². The van der Waals surface area contributed by atoms with Gasteiger partial charge in [-0.1, -0.05) is 6.07 Å². The Morgan fingerprint density at radius 1 is 1.42 bits per heavy atom. The molecule has 1 saturated heterocycles. The standard InChI is InChI=1S/C19H29N3O2/c1-24-18-6-5-17-14-22(11-7-15(17)12-18)10-3-9-21-19(23)16-4-2-8-20-13-16/h5-6,12,16,20H,2-4,7-11,13-14H2,1H3,(H,21,23). The van der Waals surface area contributed by atoms with Crippen LogP contribution in [0.4, 0.5) is 0 Å². The van der Waals surface area contributed by atoms with E-state index in [0.717, 1.165) is 70.7 Å². The van der Waals surface area contributed by atoms with Gasteiger partial charge in [-0.3, -0.25) is 9.69 Å². The third-order valence-corrected chi connectivity index (χ3v) is 5.12. The second-order valence-corrected chi connectivity index (χ2v) is 6.85. The number of amides is 1. The van der Waals surface area contributed by atoms with Gasteiger partial charge in [-0.05, 0) is 55.5 Å². The van der Waals surface area contributed by atoms with Crippen LogP contribution in [-0.2, 0) is 17.8 Å². The van der Waals surface area contributed by atoms with Crippen molar-refractivity contribution < 1.29 is 9.53 Å². The van der Waals surface area contributed by atoms with Crippen molar-refractivity contribution in [2.45, 2.75) is 32.2 Å². The molecule has 2 heterocycles. The lowest BCUT2D eigenvalue weighted by Crippen LogP contribution is -2.41. The van der Waals surface area contributed by atoms with Crippen molar-refractivity contribution in [1.29, 1.82) is 0 Å². The van der Waals surface area contributed by atoms with E-state index in [1.54, 1.807) is 7.11 Å². The van der Waals surface area contributed by atoms with E-state index in [1.165, 1.54) is 11.1 Å². The molecule has 1 amide bonds. The number of rotatable bonds is 6. The number of methoxy groups -OCH3 is 1. The molecule has 0 radical (unpaired) electrons. The fourth-order valence-electron chi connectivity index (χ4n) is 3.64. The summed E-state index contributed by atoms with van der Waals surface area (Å²) in [6, 6.07) is 6.38. The zero-order valence-corrected chi connectivity index (χ0v) is 14.6. The number of piperidine rings is 1. The summed E-state index contributed by atoms with van der Waals surface area (Å²) in [4.78, 5) is 14.6. The molecule has 1 aromatic rings. The molecule has 0 spiro atoms. The average molecular weight is 331 g/mol. The molecule has 0 aliphatic carbocycles. The lowest BCUT2D eigenvalue weighted by molar-refractivity contribution is -0.125. The Morgan fingerprint density at radius 2 is 2.33 bits per heavy atom. The fourth-order valence-corrected chi connectivity index (χ4v) is 3.64. The largest absolute Gasteiger partial charge is 0.497 e. The number of hydrogen-bond acceptors (Lipinski definition) is 4. The Morgan fingerprint density at radius 3 is 3.12 bits per heavy atom. The number of fused-ring (bicyclic) bond motifs is 1. The molecule has 2 aliphatic rings. The lowest BCUT2D eigenvalue weighted by Gasteiger charge is -2.29. The molecule has 5 nitrogen and oxygen atoms in total. The summed E-state index contributed by atoms with van der Waals surface area (Å²) in [6.07, 6.45) is 4.21. The molecule has 1 aromatic carbocycles. The van der Waals surface area contributed by atoms with Crippen LogP contribution in [0.1, 0.15) is 30.4 Å². The van der Waals surface area contributed by atoms with E-state index in [2.05, 4.69) is 27.7 Å². The molecule has 3 rings (SSSR count). The van der Waals surface area contributed by atoms with Gasteiger partial charge < -0.3 is 15.4 Å². The summed E-state index contributed by atoms with van der Waals surface area (Å²) >= 11 is 0. The van der Waals surface area contributed by atoms with Crippen LogP contribution in [0.5, 0.6) is 5.75 Å². The Hall–Kier alpha value is -1.59. The van der Waals surface area contributed by atoms with Crippen molar-refractivity contribution >= 4 is 5.91 Å². The van der Waals surface area contributed by atoms with E-state index in [9.17, 15) is 4.79 Å². The Kier molecular flexibility index (Phi) is 6.10. The van der Waals surface area contributed by atoms with E-state index >= 15 is 0 Å². The predicted octanol–water partition coefficient (Wildman–Crippen LogP) is 1.56. The number of nitrogens with zero attached hydrogens (tertiary/aromatic N) is 1. The van der Waals surface area contributed by atoms with Crippen molar-refractivity contribution in [3.05, 3.63) is 29.3 Å². The summed E-state index contributed by atoms with van der Waals surface area (Å²) < 4.78 is 5.30. The number of carbonyl (C=O) groups excluding carboxylic acids is 1. The molecule has 1 fully saturated rings. The third-order valence-electron chi connectivity index (χ3n) is 5.12. The van der Waals surface area contributed by atoms with Gasteiger partial charge >= 0.3 is 0 Å². The average Bonchev–Trinajstić information content (AvgIpc) is 2.65. The normalized spacial score (nSPS) is 21.1. The number of nitrogens with one attached hydrogen (secondary N) is 2. The number of hydrogen-bond donors (Lipinski definition) is 2. The molecule has 0 saturated carbocycles. The van der Waals surface area contributed by atoms with E-state index < -0.39 is 0 Å². The topological polar surface area (TPSA) is 53.6 Å². The van der Waals surface area contributed by atoms with Crippen LogP contribution in [-0.4, -0.2) is 50.6 Å². The van der Waals surface area contributed by atoms with Crippen LogP contribution < -0.4 is 15.4 Å². The highest BCUT2D eigenvalue weighted by molar-refractivity contribution is 5.78. The van der Waals surface area contributed by atoms with Crippen LogP contribution in [0.25, 0.3) is 0 Å². The highest BCUT2D eigenvalue weighted by atomic mass is 16.5. The van der Waals surface area contributed by atoms with Gasteiger partial charge in [0.25, 0.3) is 0 Å². The summed E-state index contributed by atoms with van der Waals surface area (Å²) in [7, 11) is 1.72. The van der Waals surface area contributed by atoms with Crippen molar-refractivity contribution in [2.24, 2.45) is 5.92 Å². The van der Waals surface area contributed by atoms with Gasteiger partial charge in [0.2, 0.25) is 5.91 Å². The molecular weight excluding hydrogens is 302 g/mol. The van der Waals surface area contributed by atoms with Gasteiger partial charge in [0, 0.05) is 32.7 Å². The van der Waals surface area contributed by atoms with E-state index in [4.69, 9.17) is 4.74 Å². The Balaban J connectivity index is 1.37. The first-order valence-electron chi connectivity index (χ1n) is 9.13. The fraction of sp³-hybridized carbons (Fsp3) is 0.632. The SMILES string of the molecule is COc1ccc2c(c1)CCN(CCCNC(=O)C1CCCNC1)C2. The first-order chi connectivity index (χ1) is 11.8. The van der Waals surface area contributed by atoms with Crippen molar-refractivity contribution in [2.75, 3.05) is 39.8 Å². The molecular formula is C19H29N3O2. The van der Waals surface area contributed by atoms with Gasteiger partial charge in [0.05, 0.1) is 13.0 Å². The van der Waals surface area contributed by atoms with Gasteiger partial charge in [-0.15, -0.1) is 0 Å². The summed E-state index contributed by atoms with van der Waals surface area (Å²) in [5.74, 6) is 1.33. The number of benzene rings is 1. The monoisotopic (exact) mass is 331 g/mol. The smallest absolute Gasteiger partial charge is 0.224 e. The predicted molar refractivity (Wildman–Crippen MR) is 95.2 cm³/mol. The van der Waals surface area contributed by atoms with E-state index in [0.29, 0.717) is 0 Å². The van der Waals surface area contributed by atoms with E-state index in [-0.39, 0.29) is 11.8 Å². The molecule has 24 heavy (non-hydrogen) atoms.